The molecule has 0 fully saturated rings. The zero-order chi connectivity index (χ0) is 14.8. The van der Waals surface area contributed by atoms with E-state index >= 15 is 0 Å². The molecule has 5 nitrogen and oxygen atoms in total. The lowest BCUT2D eigenvalue weighted by molar-refractivity contribution is 0.532. The number of hydrogen-bond acceptors (Lipinski definition) is 4. The van der Waals surface area contributed by atoms with Gasteiger partial charge in [-0.3, -0.25) is 4.68 Å². The van der Waals surface area contributed by atoms with Gasteiger partial charge in [-0.05, 0) is 26.0 Å². The van der Waals surface area contributed by atoms with Gasteiger partial charge in [0, 0.05) is 12.2 Å². The fourth-order valence-electron chi connectivity index (χ4n) is 1.84. The van der Waals surface area contributed by atoms with Crippen LogP contribution < -0.4 is 5.32 Å². The average Bonchev–Trinajstić information content (AvgIpc) is 2.88. The van der Waals surface area contributed by atoms with Crippen molar-refractivity contribution >= 4 is 21.2 Å². The van der Waals surface area contributed by atoms with Gasteiger partial charge in [0.1, 0.15) is 0 Å². The van der Waals surface area contributed by atoms with E-state index in [0.717, 1.165) is 5.69 Å². The second kappa shape index (κ2) is 5.66. The Labute approximate surface area is 119 Å². The third kappa shape index (κ3) is 3.01. The molecule has 1 aromatic heterocycles. The van der Waals surface area contributed by atoms with Gasteiger partial charge in [-0.2, -0.15) is 5.10 Å². The number of benzene rings is 1. The van der Waals surface area contributed by atoms with Gasteiger partial charge in [0.15, 0.2) is 9.84 Å². The molecule has 0 atom stereocenters. The highest BCUT2D eigenvalue weighted by molar-refractivity contribution is 7.91. The molecule has 2 aromatic rings. The fourth-order valence-corrected chi connectivity index (χ4v) is 2.89. The maximum atomic E-state index is 12.1. The summed E-state index contributed by atoms with van der Waals surface area (Å²) in [4.78, 5) is 0.319. The van der Waals surface area contributed by atoms with Crippen molar-refractivity contribution in [2.45, 2.75) is 31.7 Å². The van der Waals surface area contributed by atoms with Gasteiger partial charge in [0.05, 0.1) is 28.2 Å². The number of nitrogens with zero attached hydrogens (tertiary/aromatic N) is 2. The zero-order valence-electron chi connectivity index (χ0n) is 11.9. The highest BCUT2D eigenvalue weighted by Gasteiger charge is 2.16. The minimum atomic E-state index is -3.25. The van der Waals surface area contributed by atoms with Gasteiger partial charge in [-0.1, -0.05) is 19.1 Å². The van der Waals surface area contributed by atoms with Crippen LogP contribution in [0, 0.1) is 0 Å². The summed E-state index contributed by atoms with van der Waals surface area (Å²) < 4.78 is 25.9. The molecule has 0 saturated carbocycles. The first-order valence-corrected chi connectivity index (χ1v) is 8.22. The summed E-state index contributed by atoms with van der Waals surface area (Å²) >= 11 is 0. The van der Waals surface area contributed by atoms with Crippen LogP contribution in [0.3, 0.4) is 0 Å². The topological polar surface area (TPSA) is 64.0 Å². The van der Waals surface area contributed by atoms with Crippen LogP contribution in [-0.2, 0) is 9.84 Å². The van der Waals surface area contributed by atoms with Crippen LogP contribution in [-0.4, -0.2) is 24.0 Å². The molecule has 0 aliphatic carbocycles. The van der Waals surface area contributed by atoms with Crippen molar-refractivity contribution in [3.8, 4) is 0 Å². The maximum absolute atomic E-state index is 12.1. The minimum Gasteiger partial charge on any atom is -0.352 e. The Balaban J connectivity index is 2.34. The van der Waals surface area contributed by atoms with Crippen molar-refractivity contribution in [1.82, 2.24) is 9.78 Å². The highest BCUT2D eigenvalue weighted by atomic mass is 32.2. The van der Waals surface area contributed by atoms with Crippen molar-refractivity contribution in [3.05, 3.63) is 36.7 Å². The Morgan fingerprint density at radius 2 is 2.00 bits per heavy atom. The van der Waals surface area contributed by atoms with Crippen LogP contribution in [0.4, 0.5) is 11.4 Å². The van der Waals surface area contributed by atoms with Crippen molar-refractivity contribution < 1.29 is 8.42 Å². The third-order valence-corrected chi connectivity index (χ3v) is 4.80. The zero-order valence-corrected chi connectivity index (χ0v) is 12.7. The van der Waals surface area contributed by atoms with E-state index in [1.165, 1.54) is 0 Å². The molecule has 0 amide bonds. The summed E-state index contributed by atoms with van der Waals surface area (Å²) in [5, 5.41) is 7.35. The monoisotopic (exact) mass is 293 g/mol. The number of sulfone groups is 1. The summed E-state index contributed by atoms with van der Waals surface area (Å²) in [6.45, 7) is 5.71. The number of aromatic nitrogens is 2. The predicted octanol–water partition coefficient (Wildman–Crippen LogP) is 3.00. The van der Waals surface area contributed by atoms with E-state index in [0.29, 0.717) is 10.6 Å². The normalized spacial score (nSPS) is 11.8. The summed E-state index contributed by atoms with van der Waals surface area (Å²) in [5.41, 5.74) is 1.36. The lowest BCUT2D eigenvalue weighted by Crippen LogP contribution is -2.06. The van der Waals surface area contributed by atoms with Gasteiger partial charge >= 0.3 is 0 Å². The number of para-hydroxylation sites is 1. The van der Waals surface area contributed by atoms with Crippen LogP contribution in [0.1, 0.15) is 26.8 Å². The van der Waals surface area contributed by atoms with E-state index in [9.17, 15) is 8.42 Å². The molecular formula is C14H19N3O2S. The van der Waals surface area contributed by atoms with Crippen LogP contribution in [0.15, 0.2) is 41.6 Å². The lowest BCUT2D eigenvalue weighted by atomic mass is 10.3. The number of nitrogens with one attached hydrogen (secondary N) is 1. The van der Waals surface area contributed by atoms with Gasteiger partial charge in [0.25, 0.3) is 0 Å². The molecule has 0 aliphatic heterocycles. The van der Waals surface area contributed by atoms with E-state index in [2.05, 4.69) is 10.4 Å². The average molecular weight is 293 g/mol. The molecule has 0 unspecified atom stereocenters. The van der Waals surface area contributed by atoms with E-state index in [1.807, 2.05) is 30.8 Å². The first-order chi connectivity index (χ1) is 9.44. The smallest absolute Gasteiger partial charge is 0.180 e. The van der Waals surface area contributed by atoms with Crippen molar-refractivity contribution in [3.63, 3.8) is 0 Å². The molecule has 0 saturated heterocycles. The Bertz CT molecular complexity index is 690. The van der Waals surface area contributed by atoms with Gasteiger partial charge < -0.3 is 5.32 Å². The van der Waals surface area contributed by atoms with Gasteiger partial charge in [-0.25, -0.2) is 8.42 Å². The molecular weight excluding hydrogens is 274 g/mol. The summed E-state index contributed by atoms with van der Waals surface area (Å²) in [7, 11) is -3.25. The quantitative estimate of drug-likeness (QED) is 0.920. The number of anilines is 2. The molecule has 1 aromatic carbocycles. The minimum absolute atomic E-state index is 0.0803. The summed E-state index contributed by atoms with van der Waals surface area (Å²) in [5.74, 6) is 0.0803. The fraction of sp³-hybridized carbons (Fsp3) is 0.357. The van der Waals surface area contributed by atoms with E-state index in [1.54, 1.807) is 31.3 Å². The summed E-state index contributed by atoms with van der Waals surface area (Å²) in [6, 6.07) is 7.18. The molecule has 20 heavy (non-hydrogen) atoms. The van der Waals surface area contributed by atoms with Crippen molar-refractivity contribution in [2.24, 2.45) is 0 Å². The molecule has 108 valence electrons. The molecule has 1 heterocycles. The van der Waals surface area contributed by atoms with Crippen LogP contribution >= 0.6 is 0 Å². The largest absolute Gasteiger partial charge is 0.352 e. The first-order valence-electron chi connectivity index (χ1n) is 6.57. The van der Waals surface area contributed by atoms with Gasteiger partial charge in [-0.15, -0.1) is 0 Å². The van der Waals surface area contributed by atoms with E-state index in [-0.39, 0.29) is 11.8 Å². The molecule has 0 spiro atoms. The maximum Gasteiger partial charge on any atom is 0.180 e. The summed E-state index contributed by atoms with van der Waals surface area (Å²) in [6.07, 6.45) is 3.55. The third-order valence-electron chi connectivity index (χ3n) is 3.01. The molecule has 0 radical (unpaired) electrons. The van der Waals surface area contributed by atoms with E-state index in [4.69, 9.17) is 0 Å². The SMILES string of the molecule is CCS(=O)(=O)c1ccccc1Nc1cnn(C(C)C)c1. The van der Waals surface area contributed by atoms with Crippen LogP contribution in [0.2, 0.25) is 0 Å². The van der Waals surface area contributed by atoms with Crippen LogP contribution in [0.5, 0.6) is 0 Å². The molecule has 0 aliphatic rings. The Kier molecular flexibility index (Phi) is 4.13. The lowest BCUT2D eigenvalue weighted by Gasteiger charge is -2.10. The van der Waals surface area contributed by atoms with Crippen LogP contribution in [0.25, 0.3) is 0 Å². The second-order valence-corrected chi connectivity index (χ2v) is 7.07. The van der Waals surface area contributed by atoms with Gasteiger partial charge in [0.2, 0.25) is 0 Å². The first kappa shape index (κ1) is 14.6. The van der Waals surface area contributed by atoms with Crippen molar-refractivity contribution in [1.29, 1.82) is 0 Å². The second-order valence-electron chi connectivity index (χ2n) is 4.83. The number of hydrogen-bond donors (Lipinski definition) is 1. The molecule has 1 N–H and O–H groups in total. The molecule has 2 rings (SSSR count). The van der Waals surface area contributed by atoms with E-state index < -0.39 is 9.84 Å². The number of rotatable bonds is 5. The standard InChI is InChI=1S/C14H19N3O2S/c1-4-20(18,19)14-8-6-5-7-13(14)16-12-9-15-17(10-12)11(2)3/h5-11,16H,4H2,1-3H3. The Morgan fingerprint density at radius 3 is 2.60 bits per heavy atom. The van der Waals surface area contributed by atoms with Crippen molar-refractivity contribution in [2.75, 3.05) is 11.1 Å². The predicted molar refractivity (Wildman–Crippen MR) is 80.1 cm³/mol. The Hall–Kier alpha value is -1.82. The highest BCUT2D eigenvalue weighted by Crippen LogP contribution is 2.25. The molecule has 0 bridgehead atoms. The molecule has 6 heteroatoms. The Morgan fingerprint density at radius 1 is 1.30 bits per heavy atom.